The zero-order valence-electron chi connectivity index (χ0n) is 16.4. The minimum absolute atomic E-state index is 0.0959. The Morgan fingerprint density at radius 2 is 2.08 bits per heavy atom. The molecule has 142 valence electrons. The second-order valence-electron chi connectivity index (χ2n) is 7.32. The summed E-state index contributed by atoms with van der Waals surface area (Å²) in [7, 11) is 4.10. The van der Waals surface area contributed by atoms with Crippen molar-refractivity contribution in [2.24, 2.45) is 5.92 Å². The molecule has 0 aliphatic carbocycles. The lowest BCUT2D eigenvalue weighted by Crippen LogP contribution is -3.06. The number of halogens is 1. The molecule has 0 saturated heterocycles. The van der Waals surface area contributed by atoms with Crippen molar-refractivity contribution in [2.75, 3.05) is 27.2 Å². The van der Waals surface area contributed by atoms with Crippen LogP contribution in [0.4, 0.5) is 4.39 Å². The predicted octanol–water partition coefficient (Wildman–Crippen LogP) is 1.65. The SMILES string of the molecule is CCc1c(C(=O)NCC[NH+](C)C)c(CC(C)C)nn1-c1cccc(F)c1. The van der Waals surface area contributed by atoms with Crippen molar-refractivity contribution in [3.05, 3.63) is 47.0 Å². The van der Waals surface area contributed by atoms with Gasteiger partial charge in [-0.2, -0.15) is 5.10 Å². The van der Waals surface area contributed by atoms with E-state index >= 15 is 0 Å². The van der Waals surface area contributed by atoms with Crippen LogP contribution in [0.1, 0.15) is 42.5 Å². The maximum Gasteiger partial charge on any atom is 0.255 e. The fraction of sp³-hybridized carbons (Fsp3) is 0.500. The number of nitrogens with one attached hydrogen (secondary N) is 2. The highest BCUT2D eigenvalue weighted by molar-refractivity contribution is 5.96. The van der Waals surface area contributed by atoms with E-state index in [4.69, 9.17) is 0 Å². The average molecular weight is 361 g/mol. The summed E-state index contributed by atoms with van der Waals surface area (Å²) in [6.45, 7) is 7.65. The molecule has 0 fully saturated rings. The van der Waals surface area contributed by atoms with Gasteiger partial charge in [0.25, 0.3) is 5.91 Å². The van der Waals surface area contributed by atoms with E-state index in [-0.39, 0.29) is 11.7 Å². The molecule has 0 spiro atoms. The number of hydrogen-bond donors (Lipinski definition) is 2. The third-order valence-corrected chi connectivity index (χ3v) is 4.18. The second-order valence-corrected chi connectivity index (χ2v) is 7.32. The third-order valence-electron chi connectivity index (χ3n) is 4.18. The van der Waals surface area contributed by atoms with Crippen LogP contribution in [0.15, 0.2) is 24.3 Å². The number of benzene rings is 1. The van der Waals surface area contributed by atoms with E-state index in [0.29, 0.717) is 36.6 Å². The Kier molecular flexibility index (Phi) is 6.91. The molecule has 2 rings (SSSR count). The number of quaternary nitrogens is 1. The van der Waals surface area contributed by atoms with Gasteiger partial charge in [0.05, 0.1) is 49.8 Å². The first-order valence-corrected chi connectivity index (χ1v) is 9.27. The first-order valence-electron chi connectivity index (χ1n) is 9.27. The summed E-state index contributed by atoms with van der Waals surface area (Å²) >= 11 is 0. The summed E-state index contributed by atoms with van der Waals surface area (Å²) in [5, 5.41) is 7.69. The van der Waals surface area contributed by atoms with Gasteiger partial charge in [-0.05, 0) is 37.0 Å². The van der Waals surface area contributed by atoms with Crippen LogP contribution in [0.5, 0.6) is 0 Å². The fourth-order valence-corrected chi connectivity index (χ4v) is 2.96. The van der Waals surface area contributed by atoms with Crippen molar-refractivity contribution in [1.82, 2.24) is 15.1 Å². The molecule has 2 aromatic rings. The Balaban J connectivity index is 2.45. The van der Waals surface area contributed by atoms with Gasteiger partial charge < -0.3 is 10.2 Å². The molecular formula is C20H30FN4O+. The van der Waals surface area contributed by atoms with E-state index in [1.165, 1.54) is 17.0 Å². The van der Waals surface area contributed by atoms with Crippen LogP contribution < -0.4 is 10.2 Å². The zero-order valence-corrected chi connectivity index (χ0v) is 16.4. The fourth-order valence-electron chi connectivity index (χ4n) is 2.96. The van der Waals surface area contributed by atoms with Gasteiger partial charge in [-0.15, -0.1) is 0 Å². The van der Waals surface area contributed by atoms with Crippen LogP contribution in [0.25, 0.3) is 5.69 Å². The van der Waals surface area contributed by atoms with Gasteiger partial charge in [-0.1, -0.05) is 26.8 Å². The smallest absolute Gasteiger partial charge is 0.255 e. The van der Waals surface area contributed by atoms with E-state index in [2.05, 4.69) is 38.4 Å². The Labute approximate surface area is 155 Å². The average Bonchev–Trinajstić information content (AvgIpc) is 2.92. The summed E-state index contributed by atoms with van der Waals surface area (Å²) in [6, 6.07) is 6.33. The molecule has 6 heteroatoms. The number of carbonyl (C=O) groups is 1. The number of likely N-dealkylation sites (N-methyl/N-ethyl adjacent to an activating group) is 1. The number of rotatable bonds is 8. The summed E-state index contributed by atoms with van der Waals surface area (Å²) in [5.74, 6) is -0.0415. The Bertz CT molecular complexity index is 752. The molecule has 0 aliphatic rings. The van der Waals surface area contributed by atoms with Crippen LogP contribution in [-0.2, 0) is 12.8 Å². The predicted molar refractivity (Wildman–Crippen MR) is 101 cm³/mol. The standard InChI is InChI=1S/C20H29FN4O/c1-6-18-19(20(26)22-10-11-24(4)5)17(12-14(2)3)23-25(18)16-9-7-8-15(21)13-16/h7-9,13-14H,6,10-12H2,1-5H3,(H,22,26)/p+1. The molecule has 0 saturated carbocycles. The molecule has 5 nitrogen and oxygen atoms in total. The molecule has 0 radical (unpaired) electrons. The van der Waals surface area contributed by atoms with Gasteiger partial charge in [0.15, 0.2) is 0 Å². The number of carbonyl (C=O) groups excluding carboxylic acids is 1. The van der Waals surface area contributed by atoms with Crippen molar-refractivity contribution in [3.8, 4) is 5.69 Å². The first-order chi connectivity index (χ1) is 12.3. The molecule has 1 amide bonds. The van der Waals surface area contributed by atoms with Crippen molar-refractivity contribution in [1.29, 1.82) is 0 Å². The quantitative estimate of drug-likeness (QED) is 0.751. The first kappa shape index (κ1) is 20.1. The van der Waals surface area contributed by atoms with Crippen LogP contribution >= 0.6 is 0 Å². The largest absolute Gasteiger partial charge is 0.346 e. The monoisotopic (exact) mass is 361 g/mol. The van der Waals surface area contributed by atoms with Gasteiger partial charge >= 0.3 is 0 Å². The molecule has 26 heavy (non-hydrogen) atoms. The van der Waals surface area contributed by atoms with Crippen LogP contribution in [0, 0.1) is 11.7 Å². The van der Waals surface area contributed by atoms with E-state index in [9.17, 15) is 9.18 Å². The summed E-state index contributed by atoms with van der Waals surface area (Å²) < 4.78 is 15.4. The summed E-state index contributed by atoms with van der Waals surface area (Å²) in [5.41, 5.74) is 2.87. The van der Waals surface area contributed by atoms with Gasteiger partial charge in [-0.3, -0.25) is 4.79 Å². The van der Waals surface area contributed by atoms with Crippen molar-refractivity contribution < 1.29 is 14.1 Å². The van der Waals surface area contributed by atoms with Crippen molar-refractivity contribution in [2.45, 2.75) is 33.6 Å². The maximum atomic E-state index is 13.7. The molecule has 1 heterocycles. The second kappa shape index (κ2) is 8.94. The third kappa shape index (κ3) is 4.91. The van der Waals surface area contributed by atoms with Gasteiger partial charge in [-0.25, -0.2) is 9.07 Å². The van der Waals surface area contributed by atoms with Crippen molar-refractivity contribution >= 4 is 5.91 Å². The minimum atomic E-state index is -0.314. The molecule has 1 aromatic heterocycles. The minimum Gasteiger partial charge on any atom is -0.346 e. The molecular weight excluding hydrogens is 331 g/mol. The lowest BCUT2D eigenvalue weighted by atomic mass is 10.0. The summed E-state index contributed by atoms with van der Waals surface area (Å²) in [6.07, 6.45) is 1.35. The van der Waals surface area contributed by atoms with E-state index in [1.54, 1.807) is 10.7 Å². The van der Waals surface area contributed by atoms with E-state index < -0.39 is 0 Å². The van der Waals surface area contributed by atoms with Crippen LogP contribution in [0.2, 0.25) is 0 Å². The van der Waals surface area contributed by atoms with Crippen molar-refractivity contribution in [3.63, 3.8) is 0 Å². The lowest BCUT2D eigenvalue weighted by Gasteiger charge is -2.11. The number of nitrogens with zero attached hydrogens (tertiary/aromatic N) is 2. The molecule has 1 aromatic carbocycles. The maximum absolute atomic E-state index is 13.7. The Morgan fingerprint density at radius 1 is 1.35 bits per heavy atom. The lowest BCUT2D eigenvalue weighted by molar-refractivity contribution is -0.856. The van der Waals surface area contributed by atoms with Crippen LogP contribution in [0.3, 0.4) is 0 Å². The number of hydrogen-bond acceptors (Lipinski definition) is 2. The highest BCUT2D eigenvalue weighted by Gasteiger charge is 2.24. The summed E-state index contributed by atoms with van der Waals surface area (Å²) in [4.78, 5) is 14.1. The molecule has 0 bridgehead atoms. The Morgan fingerprint density at radius 3 is 2.65 bits per heavy atom. The topological polar surface area (TPSA) is 51.4 Å². The van der Waals surface area contributed by atoms with E-state index in [1.807, 2.05) is 13.0 Å². The zero-order chi connectivity index (χ0) is 19.3. The molecule has 0 aliphatic heterocycles. The highest BCUT2D eigenvalue weighted by atomic mass is 19.1. The molecule has 0 unspecified atom stereocenters. The van der Waals surface area contributed by atoms with Gasteiger partial charge in [0, 0.05) is 0 Å². The molecule has 2 N–H and O–H groups in total. The van der Waals surface area contributed by atoms with E-state index in [0.717, 1.165) is 17.9 Å². The normalized spacial score (nSPS) is 11.4. The molecule has 0 atom stereocenters. The van der Waals surface area contributed by atoms with Crippen LogP contribution in [-0.4, -0.2) is 42.9 Å². The number of amides is 1. The highest BCUT2D eigenvalue weighted by Crippen LogP contribution is 2.22. The van der Waals surface area contributed by atoms with Gasteiger partial charge in [0.1, 0.15) is 5.82 Å². The number of aromatic nitrogens is 2. The Hall–Kier alpha value is -2.21. The van der Waals surface area contributed by atoms with Gasteiger partial charge in [0.2, 0.25) is 0 Å².